The normalized spacial score (nSPS) is 33.7. The number of carbonyl (C=O) groups excluding carboxylic acids is 2. The summed E-state index contributed by atoms with van der Waals surface area (Å²) in [5, 5.41) is 3.64. The third kappa shape index (κ3) is 4.16. The number of amides is 2. The average Bonchev–Trinajstić information content (AvgIpc) is 3.29. The fraction of sp³-hybridized carbons (Fsp3) is 0.760. The molecule has 1 aromatic heterocycles. The molecule has 4 bridgehead atoms. The van der Waals surface area contributed by atoms with Crippen molar-refractivity contribution in [2.45, 2.75) is 76.6 Å². The summed E-state index contributed by atoms with van der Waals surface area (Å²) in [5.74, 6) is 1.10. The molecule has 4 aliphatic carbocycles. The number of fused-ring (bicyclic) bond motifs is 1. The highest BCUT2D eigenvalue weighted by Gasteiger charge is 2.51. The van der Waals surface area contributed by atoms with Gasteiger partial charge < -0.3 is 15.1 Å². The monoisotopic (exact) mass is 491 g/mol. The number of aromatic nitrogens is 2. The molecule has 2 aliphatic heterocycles. The van der Waals surface area contributed by atoms with E-state index in [4.69, 9.17) is 0 Å². The van der Waals surface area contributed by atoms with Crippen molar-refractivity contribution in [2.24, 2.45) is 23.2 Å². The van der Waals surface area contributed by atoms with Gasteiger partial charge in [0.2, 0.25) is 5.91 Å². The Balaban J connectivity index is 1.13. The van der Waals surface area contributed by atoms with Crippen LogP contribution in [-0.2, 0) is 22.6 Å². The van der Waals surface area contributed by atoms with Crippen molar-refractivity contribution in [2.75, 3.05) is 25.0 Å². The topological polar surface area (TPSA) is 78.4 Å². The highest BCUT2D eigenvalue weighted by Crippen LogP contribution is 2.60. The zero-order valence-corrected chi connectivity index (χ0v) is 19.8. The third-order valence-electron chi connectivity index (χ3n) is 9.16. The Morgan fingerprint density at radius 1 is 1.06 bits per heavy atom. The van der Waals surface area contributed by atoms with Gasteiger partial charge in [0.05, 0.1) is 12.2 Å². The van der Waals surface area contributed by atoms with Crippen molar-refractivity contribution in [1.82, 2.24) is 19.8 Å². The van der Waals surface area contributed by atoms with E-state index in [0.29, 0.717) is 29.7 Å². The number of halogens is 3. The maximum Gasteiger partial charge on any atom is 0.471 e. The van der Waals surface area contributed by atoms with Gasteiger partial charge in [-0.2, -0.15) is 13.2 Å². The minimum Gasteiger partial charge on any atom is -0.369 e. The Labute approximate surface area is 202 Å². The lowest BCUT2D eigenvalue weighted by atomic mass is 9.49. The predicted molar refractivity (Wildman–Crippen MR) is 121 cm³/mol. The van der Waals surface area contributed by atoms with Gasteiger partial charge in [0.1, 0.15) is 18.2 Å². The van der Waals surface area contributed by atoms with E-state index in [-0.39, 0.29) is 19.5 Å². The first kappa shape index (κ1) is 23.0. The molecule has 1 aromatic rings. The molecule has 1 unspecified atom stereocenters. The molecule has 4 saturated carbocycles. The van der Waals surface area contributed by atoms with E-state index in [2.05, 4.69) is 15.3 Å². The minimum absolute atomic E-state index is 0.0419. The van der Waals surface area contributed by atoms with Crippen LogP contribution in [0.15, 0.2) is 6.33 Å². The molecule has 1 saturated heterocycles. The lowest BCUT2D eigenvalue weighted by Gasteiger charge is -2.57. The smallest absolute Gasteiger partial charge is 0.369 e. The fourth-order valence-corrected chi connectivity index (χ4v) is 8.11. The Bertz CT molecular complexity index is 994. The molecule has 0 aromatic carbocycles. The number of alkyl halides is 3. The summed E-state index contributed by atoms with van der Waals surface area (Å²) in [4.78, 5) is 36.1. The number of nitrogens with zero attached hydrogens (tertiary/aromatic N) is 4. The fourth-order valence-electron chi connectivity index (χ4n) is 8.11. The Morgan fingerprint density at radius 2 is 1.74 bits per heavy atom. The SMILES string of the molecule is O=C(C1CCCN1C(=O)C(F)(F)F)N1CCc2c(ncnc2NCC23CC4CC(CC(C4)C2)C3)C1. The summed E-state index contributed by atoms with van der Waals surface area (Å²) in [6.45, 7) is 1.49. The number of likely N-dealkylation sites (tertiary alicyclic amines) is 1. The zero-order valence-electron chi connectivity index (χ0n) is 19.8. The van der Waals surface area contributed by atoms with E-state index in [1.54, 1.807) is 4.90 Å². The van der Waals surface area contributed by atoms with Crippen LogP contribution in [-0.4, -0.2) is 63.4 Å². The number of hydrogen-bond donors (Lipinski definition) is 1. The largest absolute Gasteiger partial charge is 0.471 e. The number of anilines is 1. The molecule has 190 valence electrons. The number of carbonyl (C=O) groups is 2. The van der Waals surface area contributed by atoms with Gasteiger partial charge in [-0.25, -0.2) is 9.97 Å². The standard InChI is InChI=1S/C25H32F3N5O2/c26-25(27,28)23(35)33-4-1-2-20(33)22(34)32-5-3-18-19(12-32)30-14-31-21(18)29-13-24-9-15-6-16(10-24)8-17(7-15)11-24/h14-17,20H,1-13H2,(H,29,30,31). The summed E-state index contributed by atoms with van der Waals surface area (Å²) in [6.07, 6.45) is 5.84. The summed E-state index contributed by atoms with van der Waals surface area (Å²) in [6, 6.07) is -1.05. The van der Waals surface area contributed by atoms with Crippen molar-refractivity contribution in [3.63, 3.8) is 0 Å². The van der Waals surface area contributed by atoms with Crippen molar-refractivity contribution in [3.8, 4) is 0 Å². The summed E-state index contributed by atoms with van der Waals surface area (Å²) in [7, 11) is 0. The summed E-state index contributed by atoms with van der Waals surface area (Å²) < 4.78 is 39.0. The van der Waals surface area contributed by atoms with Crippen molar-refractivity contribution in [3.05, 3.63) is 17.6 Å². The summed E-state index contributed by atoms with van der Waals surface area (Å²) in [5.41, 5.74) is 2.09. The molecule has 1 N–H and O–H groups in total. The van der Waals surface area contributed by atoms with Gasteiger partial charge in [0, 0.05) is 25.2 Å². The van der Waals surface area contributed by atoms with Crippen molar-refractivity contribution >= 4 is 17.6 Å². The van der Waals surface area contributed by atoms with Gasteiger partial charge in [-0.3, -0.25) is 9.59 Å². The number of rotatable bonds is 4. The quantitative estimate of drug-likeness (QED) is 0.697. The molecular weight excluding hydrogens is 459 g/mol. The molecule has 10 heteroatoms. The first-order chi connectivity index (χ1) is 16.7. The van der Waals surface area contributed by atoms with E-state index < -0.39 is 24.0 Å². The Morgan fingerprint density at radius 3 is 2.40 bits per heavy atom. The number of hydrogen-bond acceptors (Lipinski definition) is 5. The molecule has 7 nitrogen and oxygen atoms in total. The van der Waals surface area contributed by atoms with Crippen molar-refractivity contribution < 1.29 is 22.8 Å². The molecule has 0 radical (unpaired) electrons. The minimum atomic E-state index is -4.97. The second-order valence-corrected chi connectivity index (χ2v) is 11.6. The maximum absolute atomic E-state index is 13.1. The number of nitrogens with one attached hydrogen (secondary N) is 1. The second-order valence-electron chi connectivity index (χ2n) is 11.6. The van der Waals surface area contributed by atoms with Gasteiger partial charge in [-0.1, -0.05) is 0 Å². The van der Waals surface area contributed by atoms with Crippen LogP contribution in [0.2, 0.25) is 0 Å². The van der Waals surface area contributed by atoms with E-state index in [1.807, 2.05) is 0 Å². The molecule has 2 amide bonds. The lowest BCUT2D eigenvalue weighted by molar-refractivity contribution is -0.187. The van der Waals surface area contributed by atoms with E-state index in [0.717, 1.165) is 41.4 Å². The maximum atomic E-state index is 13.1. The van der Waals surface area contributed by atoms with E-state index in [9.17, 15) is 22.8 Å². The molecule has 0 spiro atoms. The van der Waals surface area contributed by atoms with Gasteiger partial charge in [-0.15, -0.1) is 0 Å². The van der Waals surface area contributed by atoms with E-state index in [1.165, 1.54) is 44.9 Å². The molecule has 3 heterocycles. The van der Waals surface area contributed by atoms with E-state index >= 15 is 0 Å². The van der Waals surface area contributed by atoms with Crippen molar-refractivity contribution in [1.29, 1.82) is 0 Å². The van der Waals surface area contributed by atoms with Crippen LogP contribution in [0.1, 0.15) is 62.6 Å². The second kappa shape index (κ2) is 8.34. The highest BCUT2D eigenvalue weighted by molar-refractivity contribution is 5.90. The van der Waals surface area contributed by atoms with Crippen LogP contribution in [0.25, 0.3) is 0 Å². The first-order valence-corrected chi connectivity index (χ1v) is 12.9. The van der Waals surface area contributed by atoms with Crippen LogP contribution in [0.3, 0.4) is 0 Å². The lowest BCUT2D eigenvalue weighted by Crippen LogP contribution is -2.52. The van der Waals surface area contributed by atoms with Gasteiger partial charge >= 0.3 is 12.1 Å². The molecule has 1 atom stereocenters. The zero-order chi connectivity index (χ0) is 24.4. The van der Waals surface area contributed by atoms with Gasteiger partial charge in [0.25, 0.3) is 0 Å². The summed E-state index contributed by atoms with van der Waals surface area (Å²) >= 11 is 0. The Hall–Kier alpha value is -2.39. The first-order valence-electron chi connectivity index (χ1n) is 12.9. The Kier molecular flexibility index (Phi) is 5.49. The molecule has 7 rings (SSSR count). The van der Waals surface area contributed by atoms with Crippen LogP contribution >= 0.6 is 0 Å². The van der Waals surface area contributed by atoms with Gasteiger partial charge in [0.15, 0.2) is 0 Å². The van der Waals surface area contributed by atoms with Gasteiger partial charge in [-0.05, 0) is 81.0 Å². The van der Waals surface area contributed by atoms with Crippen LogP contribution < -0.4 is 5.32 Å². The average molecular weight is 492 g/mol. The van der Waals surface area contributed by atoms with Crippen LogP contribution in [0.5, 0.6) is 0 Å². The molecule has 6 aliphatic rings. The predicted octanol–water partition coefficient (Wildman–Crippen LogP) is 3.54. The van der Waals surface area contributed by atoms with Crippen LogP contribution in [0, 0.1) is 23.2 Å². The molecule has 35 heavy (non-hydrogen) atoms. The molecular formula is C25H32F3N5O2. The molecule has 5 fully saturated rings. The highest BCUT2D eigenvalue weighted by atomic mass is 19.4. The van der Waals surface area contributed by atoms with Crippen LogP contribution in [0.4, 0.5) is 19.0 Å². The third-order valence-corrected chi connectivity index (χ3v) is 9.16.